The number of likely N-dealkylation sites (N-methyl/N-ethyl adjacent to an activating group) is 1. The minimum absolute atomic E-state index is 0.0125. The summed E-state index contributed by atoms with van der Waals surface area (Å²) in [5.74, 6) is -5.23. The third kappa shape index (κ3) is 8.73. The fraction of sp³-hybridized carbons (Fsp3) is 0.378. The summed E-state index contributed by atoms with van der Waals surface area (Å²) in [6, 6.07) is 13.5. The molecule has 0 radical (unpaired) electrons. The highest BCUT2D eigenvalue weighted by Gasteiger charge is 2.30. The molecule has 5 rings (SSSR count). The van der Waals surface area contributed by atoms with Gasteiger partial charge in [0, 0.05) is 46.1 Å². The number of carbonyl (C=O) groups excluding carboxylic acids is 1. The van der Waals surface area contributed by atoms with Crippen molar-refractivity contribution in [2.45, 2.75) is 63.5 Å². The predicted molar refractivity (Wildman–Crippen MR) is 181 cm³/mol. The quantitative estimate of drug-likeness (QED) is 0.0828. The standard InChI is InChI=1S/C37H40F4N4O2S/c1-4-43(5-2)18-19-44(22-26-6-10-28(11-7-26)29-12-14-30(15-13-29)37(39,40)41)34(46)23-45-33-21-25(3)20-32(33)35(47)42-36(45)48-24-27-8-16-31(38)17-9-27/h6-17,25H,4-5,18-24H2,1-3H3/i20D2,21D2,22D2,23D2,24D2,25D. The van der Waals surface area contributed by atoms with Crippen LogP contribution in [0.25, 0.3) is 11.1 Å². The monoisotopic (exact) mass is 691 g/mol. The molecule has 0 bridgehead atoms. The van der Waals surface area contributed by atoms with Gasteiger partial charge in [0.1, 0.15) is 12.3 Å². The Balaban J connectivity index is 1.69. The van der Waals surface area contributed by atoms with Crippen LogP contribution in [0.3, 0.4) is 0 Å². The van der Waals surface area contributed by atoms with E-state index >= 15 is 0 Å². The number of benzene rings is 3. The van der Waals surface area contributed by atoms with Crippen molar-refractivity contribution in [1.82, 2.24) is 19.4 Å². The topological polar surface area (TPSA) is 58.4 Å². The molecule has 1 amide bonds. The van der Waals surface area contributed by atoms with Gasteiger partial charge in [0.2, 0.25) is 5.91 Å². The lowest BCUT2D eigenvalue weighted by molar-refractivity contribution is -0.137. The van der Waals surface area contributed by atoms with E-state index in [9.17, 15) is 32.6 Å². The number of carbonyl (C=O) groups is 1. The normalized spacial score (nSPS) is 22.3. The summed E-state index contributed by atoms with van der Waals surface area (Å²) in [5, 5.41) is -0.955. The lowest BCUT2D eigenvalue weighted by Gasteiger charge is -2.28. The van der Waals surface area contributed by atoms with Gasteiger partial charge in [0.05, 0.1) is 11.0 Å². The highest BCUT2D eigenvalue weighted by molar-refractivity contribution is 7.98. The van der Waals surface area contributed by atoms with Crippen molar-refractivity contribution in [3.8, 4) is 11.1 Å². The van der Waals surface area contributed by atoms with Crippen LogP contribution in [0.4, 0.5) is 17.6 Å². The van der Waals surface area contributed by atoms with E-state index in [0.29, 0.717) is 29.1 Å². The predicted octanol–water partition coefficient (Wildman–Crippen LogP) is 7.47. The van der Waals surface area contributed by atoms with Crippen molar-refractivity contribution in [1.29, 1.82) is 0 Å². The van der Waals surface area contributed by atoms with Gasteiger partial charge in [-0.3, -0.25) is 9.59 Å². The second-order valence-corrected chi connectivity index (χ2v) is 11.5. The molecule has 254 valence electrons. The minimum atomic E-state index is -4.57. The number of fused-ring (bicyclic) bond motifs is 1. The van der Waals surface area contributed by atoms with E-state index in [4.69, 9.17) is 9.60 Å². The second kappa shape index (κ2) is 15.5. The molecule has 1 heterocycles. The van der Waals surface area contributed by atoms with Gasteiger partial charge < -0.3 is 14.4 Å². The van der Waals surface area contributed by atoms with Crippen LogP contribution in [-0.2, 0) is 42.4 Å². The van der Waals surface area contributed by atoms with Crippen LogP contribution in [0.15, 0.2) is 82.7 Å². The van der Waals surface area contributed by atoms with Crippen molar-refractivity contribution in [2.75, 3.05) is 26.2 Å². The van der Waals surface area contributed by atoms with Crippen LogP contribution in [0.1, 0.15) is 63.8 Å². The molecule has 0 fully saturated rings. The number of amides is 1. The maximum Gasteiger partial charge on any atom is 0.416 e. The van der Waals surface area contributed by atoms with Gasteiger partial charge in [-0.05, 0) is 78.2 Å². The van der Waals surface area contributed by atoms with Gasteiger partial charge in [-0.1, -0.05) is 81.1 Å². The molecule has 3 aromatic carbocycles. The Hall–Kier alpha value is -3.96. The summed E-state index contributed by atoms with van der Waals surface area (Å²) >= 11 is 0.0370. The Bertz CT molecular complexity index is 2250. The van der Waals surface area contributed by atoms with Gasteiger partial charge in [-0.15, -0.1) is 0 Å². The molecule has 1 atom stereocenters. The molecule has 0 saturated carbocycles. The number of hydrogen-bond acceptors (Lipinski definition) is 5. The second-order valence-electron chi connectivity index (χ2n) is 10.7. The lowest BCUT2D eigenvalue weighted by Crippen LogP contribution is -2.40. The molecule has 1 aliphatic rings. The number of hydrogen-bond donors (Lipinski definition) is 0. The molecule has 1 aromatic heterocycles. The molecule has 1 aliphatic carbocycles. The van der Waals surface area contributed by atoms with Crippen LogP contribution in [0.5, 0.6) is 0 Å². The van der Waals surface area contributed by atoms with Crippen molar-refractivity contribution in [3.63, 3.8) is 0 Å². The highest BCUT2D eigenvalue weighted by atomic mass is 32.2. The van der Waals surface area contributed by atoms with Gasteiger partial charge in [-0.25, -0.2) is 4.39 Å². The van der Waals surface area contributed by atoms with E-state index in [-0.39, 0.29) is 34.0 Å². The summed E-state index contributed by atoms with van der Waals surface area (Å²) in [4.78, 5) is 34.6. The van der Waals surface area contributed by atoms with E-state index in [1.165, 1.54) is 36.4 Å². The van der Waals surface area contributed by atoms with Crippen molar-refractivity contribution < 1.29 is 37.4 Å². The molecule has 0 N–H and O–H groups in total. The summed E-state index contributed by atoms with van der Waals surface area (Å²) < 4.78 is 153. The number of alkyl halides is 3. The Morgan fingerprint density at radius 3 is 2.19 bits per heavy atom. The van der Waals surface area contributed by atoms with E-state index in [1.807, 2.05) is 0 Å². The van der Waals surface area contributed by atoms with Crippen LogP contribution < -0.4 is 5.56 Å². The molecule has 4 aromatic rings. The summed E-state index contributed by atoms with van der Waals surface area (Å²) in [5.41, 5.74) is -6.87. The molecule has 0 saturated heterocycles. The van der Waals surface area contributed by atoms with Gasteiger partial charge >= 0.3 is 6.18 Å². The fourth-order valence-corrected chi connectivity index (χ4v) is 5.52. The number of thioether (sulfide) groups is 1. The number of nitrogens with zero attached hydrogens (tertiary/aromatic N) is 4. The molecule has 11 heteroatoms. The maximum absolute atomic E-state index is 14.9. The smallest absolute Gasteiger partial charge is 0.336 e. The highest BCUT2D eigenvalue weighted by Crippen LogP contribution is 2.32. The van der Waals surface area contributed by atoms with Gasteiger partial charge in [0.25, 0.3) is 5.56 Å². The molecular formula is C37H40F4N4O2S. The van der Waals surface area contributed by atoms with E-state index in [1.54, 1.807) is 18.7 Å². The van der Waals surface area contributed by atoms with Crippen LogP contribution in [-0.4, -0.2) is 51.4 Å². The van der Waals surface area contributed by atoms with Crippen molar-refractivity contribution in [3.05, 3.63) is 117 Å². The zero-order chi connectivity index (χ0) is 44.3. The molecule has 1 unspecified atom stereocenters. The molecular weight excluding hydrogens is 640 g/mol. The van der Waals surface area contributed by atoms with Crippen LogP contribution in [0.2, 0.25) is 0 Å². The first-order valence-corrected chi connectivity index (χ1v) is 15.8. The first kappa shape index (κ1) is 23.4. The third-order valence-corrected chi connectivity index (χ3v) is 8.26. The summed E-state index contributed by atoms with van der Waals surface area (Å²) in [6.45, 7) is -1.76. The Morgan fingerprint density at radius 2 is 1.58 bits per heavy atom. The van der Waals surface area contributed by atoms with Crippen LogP contribution >= 0.6 is 11.8 Å². The first-order chi connectivity index (χ1) is 27.1. The zero-order valence-corrected chi connectivity index (χ0v) is 27.1. The zero-order valence-electron chi connectivity index (χ0n) is 37.3. The summed E-state index contributed by atoms with van der Waals surface area (Å²) in [6.07, 6.45) is -11.0. The van der Waals surface area contributed by atoms with Crippen molar-refractivity contribution in [2.24, 2.45) is 5.89 Å². The SMILES string of the molecule is [2H]C([2H])(Sc1nc(=O)c2c(n1C([2H])([2H])C(=O)N(CCN(CC)CC)C([2H])([2H])c1ccc(-c3ccc(C(F)(F)F)cc3)cc1)C([2H])([2H])C([2H])(C)C2([2H])[2H])c1ccc(F)cc1. The largest absolute Gasteiger partial charge is 0.416 e. The molecule has 48 heavy (non-hydrogen) atoms. The van der Waals surface area contributed by atoms with E-state index in [0.717, 1.165) is 43.3 Å². The number of aromatic nitrogens is 2. The maximum atomic E-state index is 14.9. The third-order valence-electron chi connectivity index (χ3n) is 7.47. The van der Waals surface area contributed by atoms with Gasteiger partial charge in [-0.2, -0.15) is 18.2 Å². The number of halogens is 4. The molecule has 0 aliphatic heterocycles. The van der Waals surface area contributed by atoms with Gasteiger partial charge in [0.15, 0.2) is 5.16 Å². The number of rotatable bonds is 13. The Kier molecular flexibility index (Phi) is 7.56. The first-order valence-electron chi connectivity index (χ1n) is 20.5. The average molecular weight is 692 g/mol. The van der Waals surface area contributed by atoms with Crippen LogP contribution in [0, 0.1) is 11.7 Å². The fourth-order valence-electron chi connectivity index (χ4n) is 4.81. The molecule has 0 spiro atoms. The lowest BCUT2D eigenvalue weighted by atomic mass is 10.0. The Labute approximate surface area is 298 Å². The summed E-state index contributed by atoms with van der Waals surface area (Å²) in [7, 11) is 0. The van der Waals surface area contributed by atoms with E-state index in [2.05, 4.69) is 4.98 Å². The van der Waals surface area contributed by atoms with Crippen molar-refractivity contribution >= 4 is 17.7 Å². The minimum Gasteiger partial charge on any atom is -0.336 e. The van der Waals surface area contributed by atoms with E-state index < -0.39 is 89.3 Å². The Morgan fingerprint density at radius 1 is 0.979 bits per heavy atom. The average Bonchev–Trinajstić information content (AvgIpc) is 3.26. The molecule has 6 nitrogen and oxygen atoms in total.